The van der Waals surface area contributed by atoms with E-state index in [-0.39, 0.29) is 10.5 Å². The average Bonchev–Trinajstić information content (AvgIpc) is 2.28. The molecule has 0 nitrogen and oxygen atoms in total. The summed E-state index contributed by atoms with van der Waals surface area (Å²) in [6.07, 6.45) is 8.82. The molecule has 0 radical (unpaired) electrons. The maximum Gasteiger partial charge on any atom is 0.164 e. The van der Waals surface area contributed by atoms with Crippen molar-refractivity contribution in [1.29, 1.82) is 0 Å². The van der Waals surface area contributed by atoms with Crippen LogP contribution in [0.15, 0.2) is 24.3 Å². The van der Waals surface area contributed by atoms with E-state index in [2.05, 4.69) is 58.2 Å². The lowest BCUT2D eigenvalue weighted by molar-refractivity contribution is 0.353. The topological polar surface area (TPSA) is 0 Å². The van der Waals surface area contributed by atoms with Gasteiger partial charge < -0.3 is 0 Å². The first-order chi connectivity index (χ1) is 5.71. The second kappa shape index (κ2) is 2.99. The third kappa shape index (κ3) is 1.64. The smallest absolute Gasteiger partial charge is 0.164 e. The highest BCUT2D eigenvalue weighted by Gasteiger charge is 2.50. The van der Waals surface area contributed by atoms with Crippen molar-refractivity contribution in [3.05, 3.63) is 24.3 Å². The minimum atomic E-state index is -1.71. The van der Waals surface area contributed by atoms with Crippen LogP contribution in [0.4, 0.5) is 0 Å². The molecular formula is C11H19ClSi. The molecule has 74 valence electrons. The second-order valence-electron chi connectivity index (χ2n) is 5.31. The van der Waals surface area contributed by atoms with Gasteiger partial charge in [0.1, 0.15) is 0 Å². The molecule has 13 heavy (non-hydrogen) atoms. The number of hydrogen-bond donors (Lipinski definition) is 0. The molecule has 0 amide bonds. The van der Waals surface area contributed by atoms with Crippen LogP contribution in [0.25, 0.3) is 0 Å². The third-order valence-corrected chi connectivity index (χ3v) is 7.04. The van der Waals surface area contributed by atoms with Gasteiger partial charge in [-0.3, -0.25) is 0 Å². The number of halogens is 1. The summed E-state index contributed by atoms with van der Waals surface area (Å²) in [5.41, 5.74) is 0.216. The molecule has 0 atom stereocenters. The van der Waals surface area contributed by atoms with Crippen LogP contribution in [0.5, 0.6) is 0 Å². The first kappa shape index (κ1) is 11.1. The fourth-order valence-electron chi connectivity index (χ4n) is 2.26. The van der Waals surface area contributed by atoms with Gasteiger partial charge in [-0.1, -0.05) is 58.2 Å². The van der Waals surface area contributed by atoms with Crippen LogP contribution >= 0.6 is 11.1 Å². The van der Waals surface area contributed by atoms with E-state index in [0.717, 1.165) is 0 Å². The molecule has 0 aromatic carbocycles. The Morgan fingerprint density at radius 3 is 1.62 bits per heavy atom. The highest BCUT2D eigenvalue weighted by molar-refractivity contribution is 7.21. The molecule has 1 aliphatic carbocycles. The summed E-state index contributed by atoms with van der Waals surface area (Å²) in [6, 6.07) is 0. The molecule has 0 aromatic rings. The van der Waals surface area contributed by atoms with Crippen molar-refractivity contribution in [2.24, 2.45) is 5.41 Å². The van der Waals surface area contributed by atoms with Crippen molar-refractivity contribution in [3.63, 3.8) is 0 Å². The predicted molar refractivity (Wildman–Crippen MR) is 63.8 cm³/mol. The van der Waals surface area contributed by atoms with Gasteiger partial charge in [-0.15, -0.1) is 0 Å². The van der Waals surface area contributed by atoms with E-state index in [9.17, 15) is 0 Å². The van der Waals surface area contributed by atoms with Crippen LogP contribution in [0, 0.1) is 5.41 Å². The molecule has 0 heterocycles. The SMILES string of the molecule is CC(C)(C)C1([Si](C)(C)Cl)C=CC=C1. The van der Waals surface area contributed by atoms with Gasteiger partial charge in [0.25, 0.3) is 0 Å². The first-order valence-electron chi connectivity index (χ1n) is 4.77. The number of hydrogen-bond acceptors (Lipinski definition) is 0. The zero-order valence-corrected chi connectivity index (χ0v) is 10.9. The summed E-state index contributed by atoms with van der Waals surface area (Å²) in [6.45, 7) is 11.2. The molecule has 0 N–H and O–H groups in total. The minimum absolute atomic E-state index is 0.113. The molecule has 0 aliphatic heterocycles. The lowest BCUT2D eigenvalue weighted by Gasteiger charge is -2.46. The average molecular weight is 215 g/mol. The van der Waals surface area contributed by atoms with E-state index in [1.165, 1.54) is 0 Å². The van der Waals surface area contributed by atoms with Gasteiger partial charge in [-0.05, 0) is 5.41 Å². The molecule has 0 fully saturated rings. The molecule has 0 spiro atoms. The van der Waals surface area contributed by atoms with Crippen molar-refractivity contribution >= 4 is 18.5 Å². The van der Waals surface area contributed by atoms with E-state index < -0.39 is 7.38 Å². The predicted octanol–water partition coefficient (Wildman–Crippen LogP) is 4.34. The van der Waals surface area contributed by atoms with Crippen LogP contribution in [0.1, 0.15) is 20.8 Å². The summed E-state index contributed by atoms with van der Waals surface area (Å²) >= 11 is 6.62. The quantitative estimate of drug-likeness (QED) is 0.450. The van der Waals surface area contributed by atoms with Crippen molar-refractivity contribution in [2.45, 2.75) is 38.9 Å². The van der Waals surface area contributed by atoms with Crippen LogP contribution in [-0.4, -0.2) is 7.38 Å². The van der Waals surface area contributed by atoms with Gasteiger partial charge in [0, 0.05) is 5.04 Å². The van der Waals surface area contributed by atoms with Crippen molar-refractivity contribution in [2.75, 3.05) is 0 Å². The fraction of sp³-hybridized carbons (Fsp3) is 0.636. The van der Waals surface area contributed by atoms with Crippen molar-refractivity contribution in [3.8, 4) is 0 Å². The Morgan fingerprint density at radius 2 is 1.46 bits per heavy atom. The largest absolute Gasteiger partial charge is 0.166 e. The van der Waals surface area contributed by atoms with Crippen molar-refractivity contribution < 1.29 is 0 Å². The summed E-state index contributed by atoms with van der Waals surface area (Å²) < 4.78 is 0. The fourth-order valence-corrected chi connectivity index (χ4v) is 6.26. The van der Waals surface area contributed by atoms with E-state index >= 15 is 0 Å². The molecule has 0 bridgehead atoms. The molecule has 2 heteroatoms. The zero-order valence-electron chi connectivity index (χ0n) is 9.19. The lowest BCUT2D eigenvalue weighted by atomic mass is 9.80. The van der Waals surface area contributed by atoms with E-state index in [0.29, 0.717) is 0 Å². The lowest BCUT2D eigenvalue weighted by Crippen LogP contribution is -2.43. The third-order valence-electron chi connectivity index (χ3n) is 3.05. The van der Waals surface area contributed by atoms with Gasteiger partial charge in [-0.2, -0.15) is 11.1 Å². The normalized spacial score (nSPS) is 21.1. The summed E-state index contributed by atoms with van der Waals surface area (Å²) in [5.74, 6) is 0. The monoisotopic (exact) mass is 214 g/mol. The molecule has 0 unspecified atom stereocenters. The maximum atomic E-state index is 6.62. The molecule has 0 saturated heterocycles. The Labute approximate surface area is 87.4 Å². The van der Waals surface area contributed by atoms with E-state index in [1.54, 1.807) is 0 Å². The molecule has 1 aliphatic rings. The second-order valence-corrected chi connectivity index (χ2v) is 11.9. The Bertz CT molecular complexity index is 222. The molecule has 1 rings (SSSR count). The van der Waals surface area contributed by atoms with Gasteiger partial charge >= 0.3 is 0 Å². The highest BCUT2D eigenvalue weighted by Crippen LogP contribution is 2.58. The summed E-state index contributed by atoms with van der Waals surface area (Å²) in [5, 5.41) is 0.113. The number of allylic oxidation sites excluding steroid dienone is 4. The van der Waals surface area contributed by atoms with E-state index in [4.69, 9.17) is 11.1 Å². The zero-order chi connectivity index (χ0) is 10.3. The minimum Gasteiger partial charge on any atom is -0.166 e. The first-order valence-corrected chi connectivity index (χ1v) is 8.78. The maximum absolute atomic E-state index is 6.62. The van der Waals surface area contributed by atoms with Crippen LogP contribution < -0.4 is 0 Å². The standard InChI is InChI=1S/C11H19ClSi/c1-10(2,3)11(13(4,5)12)8-6-7-9-11/h6-9H,1-5H3. The summed E-state index contributed by atoms with van der Waals surface area (Å²) in [4.78, 5) is 0. The summed E-state index contributed by atoms with van der Waals surface area (Å²) in [7, 11) is -1.71. The Balaban J connectivity index is 3.19. The Hall–Kier alpha value is -0.0131. The molecule has 0 aromatic heterocycles. The highest BCUT2D eigenvalue weighted by atomic mass is 35.6. The van der Waals surface area contributed by atoms with Crippen LogP contribution in [0.2, 0.25) is 18.1 Å². The van der Waals surface area contributed by atoms with Crippen LogP contribution in [-0.2, 0) is 0 Å². The van der Waals surface area contributed by atoms with Gasteiger partial charge in [-0.25, -0.2) is 0 Å². The van der Waals surface area contributed by atoms with E-state index in [1.807, 2.05) is 0 Å². The van der Waals surface area contributed by atoms with Crippen molar-refractivity contribution in [1.82, 2.24) is 0 Å². The molecule has 0 saturated carbocycles. The van der Waals surface area contributed by atoms with Gasteiger partial charge in [0.05, 0.1) is 0 Å². The Kier molecular flexibility index (Phi) is 2.55. The molecular weight excluding hydrogens is 196 g/mol. The Morgan fingerprint density at radius 1 is 1.08 bits per heavy atom. The van der Waals surface area contributed by atoms with Gasteiger partial charge in [0.2, 0.25) is 0 Å². The van der Waals surface area contributed by atoms with Crippen LogP contribution in [0.3, 0.4) is 0 Å². The number of rotatable bonds is 1. The van der Waals surface area contributed by atoms with Gasteiger partial charge in [0.15, 0.2) is 7.38 Å².